The number of hydrogen-bond acceptors (Lipinski definition) is 0. The van der Waals surface area contributed by atoms with Crippen molar-refractivity contribution in [3.8, 4) is 11.1 Å². The summed E-state index contributed by atoms with van der Waals surface area (Å²) in [7, 11) is 0. The van der Waals surface area contributed by atoms with Crippen LogP contribution in [0.15, 0.2) is 84.9 Å². The zero-order valence-electron chi connectivity index (χ0n) is 15.1. The van der Waals surface area contributed by atoms with Gasteiger partial charge in [0.25, 0.3) is 0 Å². The van der Waals surface area contributed by atoms with Gasteiger partial charge < -0.3 is 0 Å². The quantitative estimate of drug-likeness (QED) is 0.280. The van der Waals surface area contributed by atoms with Crippen molar-refractivity contribution in [3.63, 3.8) is 0 Å². The van der Waals surface area contributed by atoms with Crippen molar-refractivity contribution in [2.24, 2.45) is 0 Å². The minimum absolute atomic E-state index is 1.29. The molecule has 0 heterocycles. The maximum atomic E-state index is 2.33. The Hall–Kier alpha value is -3.12. The molecular weight excluding hydrogens is 312 g/mol. The smallest absolute Gasteiger partial charge is 0.00205 e. The Morgan fingerprint density at radius 2 is 1.23 bits per heavy atom. The molecule has 0 N–H and O–H groups in total. The second-order valence-corrected chi connectivity index (χ2v) is 7.23. The molecule has 0 unspecified atom stereocenters. The molecule has 0 aromatic heterocycles. The Bertz CT molecular complexity index is 1290. The van der Waals surface area contributed by atoms with Crippen molar-refractivity contribution in [1.82, 2.24) is 0 Å². The van der Waals surface area contributed by atoms with Crippen LogP contribution in [0.5, 0.6) is 0 Å². The molecule has 124 valence electrons. The van der Waals surface area contributed by atoms with Crippen LogP contribution in [-0.2, 0) is 0 Å². The first kappa shape index (κ1) is 15.2. The van der Waals surface area contributed by atoms with Gasteiger partial charge in [0.05, 0.1) is 0 Å². The summed E-state index contributed by atoms with van der Waals surface area (Å²) in [5.41, 5.74) is 5.25. The normalized spacial score (nSPS) is 11.5. The fraction of sp³-hybridized carbons (Fsp3) is 0.0769. The van der Waals surface area contributed by atoms with Gasteiger partial charge in [0, 0.05) is 0 Å². The molecule has 0 saturated carbocycles. The van der Waals surface area contributed by atoms with Crippen molar-refractivity contribution in [2.45, 2.75) is 13.8 Å². The third-order valence-electron chi connectivity index (χ3n) is 5.32. The highest BCUT2D eigenvalue weighted by Crippen LogP contribution is 2.40. The van der Waals surface area contributed by atoms with E-state index in [1.54, 1.807) is 0 Å². The third-order valence-corrected chi connectivity index (χ3v) is 5.32. The van der Waals surface area contributed by atoms with Crippen LogP contribution in [0.4, 0.5) is 0 Å². The Labute approximate surface area is 153 Å². The van der Waals surface area contributed by atoms with E-state index in [2.05, 4.69) is 98.8 Å². The van der Waals surface area contributed by atoms with Crippen molar-refractivity contribution in [3.05, 3.63) is 96.1 Å². The Morgan fingerprint density at radius 3 is 2.15 bits per heavy atom. The average Bonchev–Trinajstić information content (AvgIpc) is 2.66. The topological polar surface area (TPSA) is 0 Å². The van der Waals surface area contributed by atoms with Gasteiger partial charge in [-0.15, -0.1) is 0 Å². The van der Waals surface area contributed by atoms with E-state index in [0.717, 1.165) is 0 Å². The molecule has 26 heavy (non-hydrogen) atoms. The summed E-state index contributed by atoms with van der Waals surface area (Å²) in [5.74, 6) is 0. The second-order valence-electron chi connectivity index (χ2n) is 7.23. The molecule has 5 aromatic carbocycles. The number of hydrogen-bond donors (Lipinski definition) is 0. The Balaban J connectivity index is 2.03. The molecule has 0 fully saturated rings. The minimum atomic E-state index is 1.29. The van der Waals surface area contributed by atoms with Crippen LogP contribution in [0.2, 0.25) is 0 Å². The largest absolute Gasteiger partial charge is 0.0616 e. The highest BCUT2D eigenvalue weighted by atomic mass is 14.2. The van der Waals surface area contributed by atoms with E-state index in [1.807, 2.05) is 0 Å². The number of rotatable bonds is 1. The molecular formula is C26H20. The SMILES string of the molecule is Cc1ccc2c(-c3cccc4ccccc34)c3cc(C)ccc3cc2c1. The number of fused-ring (bicyclic) bond motifs is 3. The molecule has 0 amide bonds. The van der Waals surface area contributed by atoms with E-state index in [4.69, 9.17) is 0 Å². The Kier molecular flexibility index (Phi) is 3.33. The second kappa shape index (κ2) is 5.71. The number of aryl methyl sites for hydroxylation is 2. The molecule has 0 aliphatic carbocycles. The predicted octanol–water partition coefficient (Wildman–Crippen LogP) is 7.43. The van der Waals surface area contributed by atoms with Crippen LogP contribution in [0, 0.1) is 13.8 Å². The molecule has 0 nitrogen and oxygen atoms in total. The van der Waals surface area contributed by atoms with Gasteiger partial charge in [-0.25, -0.2) is 0 Å². The first-order chi connectivity index (χ1) is 12.7. The fourth-order valence-corrected chi connectivity index (χ4v) is 4.09. The van der Waals surface area contributed by atoms with Crippen LogP contribution >= 0.6 is 0 Å². The van der Waals surface area contributed by atoms with Gasteiger partial charge in [0.2, 0.25) is 0 Å². The van der Waals surface area contributed by atoms with Crippen LogP contribution in [-0.4, -0.2) is 0 Å². The fourth-order valence-electron chi connectivity index (χ4n) is 4.09. The van der Waals surface area contributed by atoms with Gasteiger partial charge >= 0.3 is 0 Å². The van der Waals surface area contributed by atoms with E-state index in [0.29, 0.717) is 0 Å². The summed E-state index contributed by atoms with van der Waals surface area (Å²) in [6.45, 7) is 4.34. The molecule has 0 aliphatic heterocycles. The van der Waals surface area contributed by atoms with E-state index in [-0.39, 0.29) is 0 Å². The third kappa shape index (κ3) is 2.30. The maximum absolute atomic E-state index is 2.33. The van der Waals surface area contributed by atoms with Gasteiger partial charge in [-0.2, -0.15) is 0 Å². The summed E-state index contributed by atoms with van der Waals surface area (Å²) in [4.78, 5) is 0. The lowest BCUT2D eigenvalue weighted by molar-refractivity contribution is 1.50. The molecule has 0 saturated heterocycles. The average molecular weight is 332 g/mol. The highest BCUT2D eigenvalue weighted by molar-refractivity contribution is 6.16. The molecule has 0 radical (unpaired) electrons. The standard InChI is InChI=1S/C26H20/c1-17-11-13-23-21(14-17)16-20-12-10-18(2)15-25(20)26(23)24-9-5-7-19-6-3-4-8-22(19)24/h3-16H,1-2H3. The van der Waals surface area contributed by atoms with Crippen molar-refractivity contribution >= 4 is 32.3 Å². The Morgan fingerprint density at radius 1 is 0.462 bits per heavy atom. The maximum Gasteiger partial charge on any atom is -0.00205 e. The lowest BCUT2D eigenvalue weighted by atomic mass is 9.88. The van der Waals surface area contributed by atoms with Gasteiger partial charge in [-0.1, -0.05) is 90.0 Å². The van der Waals surface area contributed by atoms with E-state index in [9.17, 15) is 0 Å². The van der Waals surface area contributed by atoms with E-state index < -0.39 is 0 Å². The minimum Gasteiger partial charge on any atom is -0.0616 e. The van der Waals surface area contributed by atoms with Gasteiger partial charge in [0.15, 0.2) is 0 Å². The first-order valence-electron chi connectivity index (χ1n) is 9.12. The van der Waals surface area contributed by atoms with Gasteiger partial charge in [-0.3, -0.25) is 0 Å². The van der Waals surface area contributed by atoms with Crippen molar-refractivity contribution in [1.29, 1.82) is 0 Å². The monoisotopic (exact) mass is 332 g/mol. The van der Waals surface area contributed by atoms with Gasteiger partial charge in [-0.05, 0) is 63.4 Å². The molecule has 5 rings (SSSR count). The van der Waals surface area contributed by atoms with Crippen LogP contribution < -0.4 is 0 Å². The number of benzene rings is 5. The summed E-state index contributed by atoms with van der Waals surface area (Å²) >= 11 is 0. The zero-order valence-corrected chi connectivity index (χ0v) is 15.1. The van der Waals surface area contributed by atoms with Gasteiger partial charge in [0.1, 0.15) is 0 Å². The van der Waals surface area contributed by atoms with Crippen LogP contribution in [0.25, 0.3) is 43.4 Å². The highest BCUT2D eigenvalue weighted by Gasteiger charge is 2.12. The van der Waals surface area contributed by atoms with Crippen molar-refractivity contribution in [2.75, 3.05) is 0 Å². The van der Waals surface area contributed by atoms with Crippen molar-refractivity contribution < 1.29 is 0 Å². The summed E-state index contributed by atoms with van der Waals surface area (Å²) in [5, 5.41) is 7.87. The summed E-state index contributed by atoms with van der Waals surface area (Å²) < 4.78 is 0. The molecule has 5 aromatic rings. The van der Waals surface area contributed by atoms with Crippen LogP contribution in [0.3, 0.4) is 0 Å². The molecule has 0 bridgehead atoms. The predicted molar refractivity (Wildman–Crippen MR) is 114 cm³/mol. The molecule has 0 aliphatic rings. The zero-order chi connectivity index (χ0) is 17.7. The van der Waals surface area contributed by atoms with E-state index in [1.165, 1.54) is 54.6 Å². The summed E-state index contributed by atoms with van der Waals surface area (Å²) in [6.07, 6.45) is 0. The van der Waals surface area contributed by atoms with E-state index >= 15 is 0 Å². The molecule has 0 heteroatoms. The summed E-state index contributed by atoms with van der Waals surface area (Å²) in [6, 6.07) is 31.2. The lowest BCUT2D eigenvalue weighted by Gasteiger charge is -2.15. The van der Waals surface area contributed by atoms with Crippen LogP contribution in [0.1, 0.15) is 11.1 Å². The first-order valence-corrected chi connectivity index (χ1v) is 9.12. The lowest BCUT2D eigenvalue weighted by Crippen LogP contribution is -1.88. The molecule has 0 spiro atoms. The molecule has 0 atom stereocenters.